The fourth-order valence-electron chi connectivity index (χ4n) is 1.86. The highest BCUT2D eigenvalue weighted by molar-refractivity contribution is 7.90. The number of aryl methyl sites for hydroxylation is 1. The normalized spacial score (nSPS) is 11.2. The maximum atomic E-state index is 11.5. The van der Waals surface area contributed by atoms with Gasteiger partial charge in [-0.25, -0.2) is 13.2 Å². The van der Waals surface area contributed by atoms with Gasteiger partial charge in [0.25, 0.3) is 0 Å². The van der Waals surface area contributed by atoms with E-state index in [1.807, 2.05) is 0 Å². The largest absolute Gasteiger partial charge is 0.486 e. The number of hydrogen-bond acceptors (Lipinski definition) is 6. The van der Waals surface area contributed by atoms with Crippen LogP contribution in [0, 0.1) is 6.92 Å². The lowest BCUT2D eigenvalue weighted by atomic mass is 10.2. The molecule has 0 aliphatic carbocycles. The average molecular weight is 324 g/mol. The molecule has 2 rings (SSSR count). The molecular formula is C15H16O6S. The molecule has 0 aliphatic rings. The highest BCUT2D eigenvalue weighted by Crippen LogP contribution is 2.20. The molecule has 0 N–H and O–H groups in total. The number of carbonyl (C=O) groups excluding carboxylic acids is 1. The minimum atomic E-state index is -3.23. The number of esters is 1. The Bertz CT molecular complexity index is 771. The molecule has 0 saturated carbocycles. The summed E-state index contributed by atoms with van der Waals surface area (Å²) < 4.78 is 38.3. The molecule has 22 heavy (non-hydrogen) atoms. The minimum absolute atomic E-state index is 0.121. The first-order valence-electron chi connectivity index (χ1n) is 6.42. The second kappa shape index (κ2) is 6.23. The first-order chi connectivity index (χ1) is 10.3. The van der Waals surface area contributed by atoms with Gasteiger partial charge in [0, 0.05) is 6.26 Å². The molecule has 1 aromatic heterocycles. The molecule has 0 aliphatic heterocycles. The Morgan fingerprint density at radius 1 is 1.23 bits per heavy atom. The van der Waals surface area contributed by atoms with Gasteiger partial charge in [-0.05, 0) is 37.3 Å². The van der Waals surface area contributed by atoms with Crippen LogP contribution in [0.3, 0.4) is 0 Å². The summed E-state index contributed by atoms with van der Waals surface area (Å²) >= 11 is 0. The van der Waals surface area contributed by atoms with E-state index in [4.69, 9.17) is 9.15 Å². The van der Waals surface area contributed by atoms with Crippen molar-refractivity contribution in [1.29, 1.82) is 0 Å². The second-order valence-corrected chi connectivity index (χ2v) is 6.72. The Morgan fingerprint density at radius 2 is 1.86 bits per heavy atom. The summed E-state index contributed by atoms with van der Waals surface area (Å²) in [6, 6.07) is 7.63. The molecule has 0 saturated heterocycles. The van der Waals surface area contributed by atoms with Crippen LogP contribution in [-0.2, 0) is 21.2 Å². The van der Waals surface area contributed by atoms with Crippen LogP contribution in [0.1, 0.15) is 21.9 Å². The van der Waals surface area contributed by atoms with Crippen molar-refractivity contribution in [2.75, 3.05) is 13.4 Å². The van der Waals surface area contributed by atoms with Crippen LogP contribution in [0.2, 0.25) is 0 Å². The third kappa shape index (κ3) is 3.67. The summed E-state index contributed by atoms with van der Waals surface area (Å²) in [7, 11) is -1.93. The molecule has 7 heteroatoms. The summed E-state index contributed by atoms with van der Waals surface area (Å²) in [6.45, 7) is 1.78. The average Bonchev–Trinajstić information content (AvgIpc) is 2.85. The van der Waals surface area contributed by atoms with Crippen LogP contribution in [-0.4, -0.2) is 27.8 Å². The van der Waals surface area contributed by atoms with Gasteiger partial charge in [0.05, 0.1) is 12.0 Å². The van der Waals surface area contributed by atoms with Crippen molar-refractivity contribution < 1.29 is 27.1 Å². The molecule has 0 bridgehead atoms. The molecule has 1 heterocycles. The number of hydrogen-bond donors (Lipinski definition) is 0. The molecule has 0 amide bonds. The lowest BCUT2D eigenvalue weighted by Crippen LogP contribution is -2.01. The number of rotatable bonds is 5. The third-order valence-corrected chi connectivity index (χ3v) is 4.14. The maximum Gasteiger partial charge on any atom is 0.341 e. The maximum absolute atomic E-state index is 11.5. The summed E-state index contributed by atoms with van der Waals surface area (Å²) in [5, 5.41) is 0. The van der Waals surface area contributed by atoms with Crippen molar-refractivity contribution in [3.05, 3.63) is 47.4 Å². The van der Waals surface area contributed by atoms with Gasteiger partial charge in [-0.1, -0.05) is 0 Å². The monoisotopic (exact) mass is 324 g/mol. The molecule has 0 spiro atoms. The molecule has 2 aromatic rings. The molecule has 0 fully saturated rings. The van der Waals surface area contributed by atoms with Crippen LogP contribution >= 0.6 is 0 Å². The Morgan fingerprint density at radius 3 is 2.41 bits per heavy atom. The molecule has 0 unspecified atom stereocenters. The summed E-state index contributed by atoms with van der Waals surface area (Å²) in [5.41, 5.74) is 0.355. The lowest BCUT2D eigenvalue weighted by Gasteiger charge is -2.05. The number of carbonyl (C=O) groups is 1. The van der Waals surface area contributed by atoms with E-state index >= 15 is 0 Å². The van der Waals surface area contributed by atoms with E-state index in [0.717, 1.165) is 6.26 Å². The van der Waals surface area contributed by atoms with Crippen LogP contribution in [0.5, 0.6) is 5.75 Å². The summed E-state index contributed by atoms with van der Waals surface area (Å²) in [6.07, 6.45) is 1.14. The van der Waals surface area contributed by atoms with Crippen molar-refractivity contribution >= 4 is 15.8 Å². The molecular weight excluding hydrogens is 308 g/mol. The zero-order valence-electron chi connectivity index (χ0n) is 12.5. The SMILES string of the molecule is COC(=O)c1cc(COc2ccc(S(C)(=O)=O)cc2)oc1C. The van der Waals surface area contributed by atoms with Crippen LogP contribution in [0.4, 0.5) is 0 Å². The smallest absolute Gasteiger partial charge is 0.341 e. The molecule has 6 nitrogen and oxygen atoms in total. The van der Waals surface area contributed by atoms with E-state index in [0.29, 0.717) is 22.8 Å². The highest BCUT2D eigenvalue weighted by atomic mass is 32.2. The number of sulfone groups is 1. The first-order valence-corrected chi connectivity index (χ1v) is 8.31. The highest BCUT2D eigenvalue weighted by Gasteiger charge is 2.15. The number of benzene rings is 1. The van der Waals surface area contributed by atoms with Crippen molar-refractivity contribution in [1.82, 2.24) is 0 Å². The van der Waals surface area contributed by atoms with E-state index in [2.05, 4.69) is 4.74 Å². The fourth-order valence-corrected chi connectivity index (χ4v) is 2.50. The lowest BCUT2D eigenvalue weighted by molar-refractivity contribution is 0.0599. The van der Waals surface area contributed by atoms with E-state index in [-0.39, 0.29) is 11.5 Å². The summed E-state index contributed by atoms with van der Waals surface area (Å²) in [4.78, 5) is 11.7. The van der Waals surface area contributed by atoms with Crippen molar-refractivity contribution in [3.8, 4) is 5.75 Å². The predicted octanol–water partition coefficient (Wildman–Crippen LogP) is 2.36. The summed E-state index contributed by atoms with van der Waals surface area (Å²) in [5.74, 6) is 0.967. The minimum Gasteiger partial charge on any atom is -0.486 e. The Balaban J connectivity index is 2.06. The van der Waals surface area contributed by atoms with Gasteiger partial charge in [0.2, 0.25) is 0 Å². The quantitative estimate of drug-likeness (QED) is 0.785. The third-order valence-electron chi connectivity index (χ3n) is 3.01. The van der Waals surface area contributed by atoms with Gasteiger partial charge in [-0.2, -0.15) is 0 Å². The van der Waals surface area contributed by atoms with E-state index in [1.165, 1.54) is 19.2 Å². The Labute approximate surface area is 128 Å². The second-order valence-electron chi connectivity index (χ2n) is 4.71. The van der Waals surface area contributed by atoms with E-state index in [9.17, 15) is 13.2 Å². The molecule has 0 atom stereocenters. The Hall–Kier alpha value is -2.28. The van der Waals surface area contributed by atoms with Gasteiger partial charge in [0.1, 0.15) is 29.4 Å². The zero-order chi connectivity index (χ0) is 16.3. The van der Waals surface area contributed by atoms with Gasteiger partial charge >= 0.3 is 5.97 Å². The van der Waals surface area contributed by atoms with E-state index in [1.54, 1.807) is 25.1 Å². The van der Waals surface area contributed by atoms with Crippen LogP contribution in [0.25, 0.3) is 0 Å². The Kier molecular flexibility index (Phi) is 4.56. The van der Waals surface area contributed by atoms with Gasteiger partial charge in [0.15, 0.2) is 9.84 Å². The van der Waals surface area contributed by atoms with E-state index < -0.39 is 15.8 Å². The zero-order valence-corrected chi connectivity index (χ0v) is 13.3. The van der Waals surface area contributed by atoms with Crippen molar-refractivity contribution in [2.45, 2.75) is 18.4 Å². The molecule has 0 radical (unpaired) electrons. The van der Waals surface area contributed by atoms with Crippen LogP contribution in [0.15, 0.2) is 39.6 Å². The van der Waals surface area contributed by atoms with Crippen molar-refractivity contribution in [3.63, 3.8) is 0 Å². The van der Waals surface area contributed by atoms with Crippen molar-refractivity contribution in [2.24, 2.45) is 0 Å². The standard InChI is InChI=1S/C15H16O6S/c1-10-14(15(16)19-2)8-12(21-10)9-20-11-4-6-13(7-5-11)22(3,17)18/h4-8H,9H2,1-3H3. The van der Waals surface area contributed by atoms with Gasteiger partial charge in [-0.15, -0.1) is 0 Å². The first kappa shape index (κ1) is 16.1. The number of methoxy groups -OCH3 is 1. The van der Waals surface area contributed by atoms with Gasteiger partial charge in [-0.3, -0.25) is 0 Å². The topological polar surface area (TPSA) is 82.8 Å². The number of ether oxygens (including phenoxy) is 2. The predicted molar refractivity (Wildman–Crippen MR) is 78.7 cm³/mol. The van der Waals surface area contributed by atoms with Crippen LogP contribution < -0.4 is 4.74 Å². The fraction of sp³-hybridized carbons (Fsp3) is 0.267. The van der Waals surface area contributed by atoms with Gasteiger partial charge < -0.3 is 13.9 Å². The number of furan rings is 1. The molecule has 118 valence electrons. The molecule has 1 aromatic carbocycles.